The van der Waals surface area contributed by atoms with E-state index in [4.69, 9.17) is 5.73 Å². The summed E-state index contributed by atoms with van der Waals surface area (Å²) in [7, 11) is 6.33. The number of rotatable bonds is 5. The number of hydrogen-bond acceptors (Lipinski definition) is 3. The first-order valence-electron chi connectivity index (χ1n) is 5.25. The molecule has 3 nitrogen and oxygen atoms in total. The Bertz CT molecular complexity index is 279. The Kier molecular flexibility index (Phi) is 4.59. The van der Waals surface area contributed by atoms with Gasteiger partial charge in [-0.25, -0.2) is 0 Å². The molecule has 0 saturated carbocycles. The molecule has 0 aliphatic rings. The van der Waals surface area contributed by atoms with Gasteiger partial charge in [-0.2, -0.15) is 0 Å². The maximum absolute atomic E-state index is 5.64. The van der Waals surface area contributed by atoms with Gasteiger partial charge >= 0.3 is 0 Å². The summed E-state index contributed by atoms with van der Waals surface area (Å²) in [5.41, 5.74) is 7.77. The van der Waals surface area contributed by atoms with Crippen LogP contribution < -0.4 is 5.73 Å². The van der Waals surface area contributed by atoms with Crippen molar-refractivity contribution < 1.29 is 0 Å². The van der Waals surface area contributed by atoms with Gasteiger partial charge in [0.15, 0.2) is 0 Å². The minimum atomic E-state index is 0.828. The van der Waals surface area contributed by atoms with Crippen LogP contribution >= 0.6 is 0 Å². The molecule has 15 heavy (non-hydrogen) atoms. The Balaban J connectivity index is 2.37. The normalized spacial score (nSPS) is 11.3. The zero-order chi connectivity index (χ0) is 11.3. The summed E-state index contributed by atoms with van der Waals surface area (Å²) in [6, 6.07) is 8.08. The van der Waals surface area contributed by atoms with E-state index in [1.807, 2.05) is 12.1 Å². The molecule has 0 bridgehead atoms. The molecule has 1 aromatic rings. The molecule has 84 valence electrons. The summed E-state index contributed by atoms with van der Waals surface area (Å²) >= 11 is 0. The van der Waals surface area contributed by atoms with Crippen LogP contribution in [0.4, 0.5) is 5.69 Å². The van der Waals surface area contributed by atoms with E-state index in [0.717, 1.165) is 25.3 Å². The third-order valence-corrected chi connectivity index (χ3v) is 2.36. The smallest absolute Gasteiger partial charge is 0.0314 e. The molecule has 0 spiro atoms. The number of benzene rings is 1. The number of nitrogen functional groups attached to an aromatic ring is 1. The van der Waals surface area contributed by atoms with E-state index in [2.05, 4.69) is 43.1 Å². The van der Waals surface area contributed by atoms with Crippen LogP contribution in [-0.2, 0) is 6.54 Å². The summed E-state index contributed by atoms with van der Waals surface area (Å²) < 4.78 is 0. The van der Waals surface area contributed by atoms with Crippen molar-refractivity contribution >= 4 is 5.69 Å². The second-order valence-electron chi connectivity index (χ2n) is 4.28. The number of nitrogens with two attached hydrogens (primary N) is 1. The van der Waals surface area contributed by atoms with Crippen LogP contribution in [0.15, 0.2) is 24.3 Å². The lowest BCUT2D eigenvalue weighted by molar-refractivity contribution is 0.276. The third-order valence-electron chi connectivity index (χ3n) is 2.36. The lowest BCUT2D eigenvalue weighted by Crippen LogP contribution is -2.28. The van der Waals surface area contributed by atoms with Crippen molar-refractivity contribution in [2.45, 2.75) is 6.54 Å². The second-order valence-corrected chi connectivity index (χ2v) is 4.28. The molecule has 0 aromatic heterocycles. The van der Waals surface area contributed by atoms with Crippen molar-refractivity contribution in [3.05, 3.63) is 29.8 Å². The highest BCUT2D eigenvalue weighted by Gasteiger charge is 2.00. The topological polar surface area (TPSA) is 32.5 Å². The van der Waals surface area contributed by atoms with Gasteiger partial charge in [-0.3, -0.25) is 0 Å². The zero-order valence-corrected chi connectivity index (χ0v) is 9.90. The number of hydrogen-bond donors (Lipinski definition) is 1. The van der Waals surface area contributed by atoms with Crippen LogP contribution in [0, 0.1) is 0 Å². The monoisotopic (exact) mass is 207 g/mol. The average Bonchev–Trinajstić information content (AvgIpc) is 2.19. The van der Waals surface area contributed by atoms with Crippen LogP contribution in [0.2, 0.25) is 0 Å². The quantitative estimate of drug-likeness (QED) is 0.738. The Morgan fingerprint density at radius 1 is 1.00 bits per heavy atom. The Labute approximate surface area is 92.5 Å². The summed E-state index contributed by atoms with van der Waals surface area (Å²) in [5, 5.41) is 0. The molecule has 1 rings (SSSR count). The van der Waals surface area contributed by atoms with Crippen molar-refractivity contribution in [1.29, 1.82) is 0 Å². The van der Waals surface area contributed by atoms with E-state index in [9.17, 15) is 0 Å². The molecule has 1 aromatic carbocycles. The first-order valence-corrected chi connectivity index (χ1v) is 5.25. The van der Waals surface area contributed by atoms with Crippen molar-refractivity contribution in [2.24, 2.45) is 0 Å². The molecule has 0 heterocycles. The molecule has 0 radical (unpaired) electrons. The predicted molar refractivity (Wildman–Crippen MR) is 65.7 cm³/mol. The van der Waals surface area contributed by atoms with Crippen LogP contribution in [-0.4, -0.2) is 44.0 Å². The zero-order valence-electron chi connectivity index (χ0n) is 9.90. The minimum absolute atomic E-state index is 0.828. The molecule has 0 aliphatic carbocycles. The molecule has 3 heteroatoms. The molecule has 0 unspecified atom stereocenters. The van der Waals surface area contributed by atoms with Gasteiger partial charge < -0.3 is 15.5 Å². The molecular weight excluding hydrogens is 186 g/mol. The minimum Gasteiger partial charge on any atom is -0.399 e. The van der Waals surface area contributed by atoms with Gasteiger partial charge in [0.05, 0.1) is 0 Å². The molecule has 0 atom stereocenters. The first-order chi connectivity index (χ1) is 7.08. The highest BCUT2D eigenvalue weighted by molar-refractivity contribution is 5.39. The van der Waals surface area contributed by atoms with E-state index in [0.29, 0.717) is 0 Å². The maximum Gasteiger partial charge on any atom is 0.0314 e. The van der Waals surface area contributed by atoms with Crippen LogP contribution in [0.5, 0.6) is 0 Å². The third kappa shape index (κ3) is 4.81. The summed E-state index contributed by atoms with van der Waals surface area (Å²) in [6.45, 7) is 3.15. The second kappa shape index (κ2) is 5.73. The van der Waals surface area contributed by atoms with Gasteiger partial charge in [-0.1, -0.05) is 12.1 Å². The van der Waals surface area contributed by atoms with Gasteiger partial charge in [0.25, 0.3) is 0 Å². The molecule has 0 saturated heterocycles. The maximum atomic E-state index is 5.64. The van der Waals surface area contributed by atoms with Crippen LogP contribution in [0.1, 0.15) is 5.56 Å². The van der Waals surface area contributed by atoms with Crippen molar-refractivity contribution in [3.8, 4) is 0 Å². The van der Waals surface area contributed by atoms with Crippen LogP contribution in [0.25, 0.3) is 0 Å². The average molecular weight is 207 g/mol. The van der Waals surface area contributed by atoms with Crippen molar-refractivity contribution in [1.82, 2.24) is 9.80 Å². The molecule has 0 amide bonds. The van der Waals surface area contributed by atoms with Crippen LogP contribution in [0.3, 0.4) is 0 Å². The van der Waals surface area contributed by atoms with E-state index in [-0.39, 0.29) is 0 Å². The summed E-state index contributed by atoms with van der Waals surface area (Å²) in [5.74, 6) is 0. The Morgan fingerprint density at radius 2 is 1.60 bits per heavy atom. The van der Waals surface area contributed by atoms with E-state index < -0.39 is 0 Å². The number of nitrogens with zero attached hydrogens (tertiary/aromatic N) is 2. The number of anilines is 1. The predicted octanol–water partition coefficient (Wildman–Crippen LogP) is 1.26. The Morgan fingerprint density at radius 3 is 2.13 bits per heavy atom. The summed E-state index contributed by atoms with van der Waals surface area (Å²) in [4.78, 5) is 4.50. The lowest BCUT2D eigenvalue weighted by Gasteiger charge is -2.19. The molecule has 0 aliphatic heterocycles. The van der Waals surface area contributed by atoms with Gasteiger partial charge in [-0.05, 0) is 38.8 Å². The number of likely N-dealkylation sites (N-methyl/N-ethyl adjacent to an activating group) is 2. The Hall–Kier alpha value is -1.06. The molecular formula is C12H21N3. The fourth-order valence-corrected chi connectivity index (χ4v) is 1.38. The van der Waals surface area contributed by atoms with Gasteiger partial charge in [0, 0.05) is 25.3 Å². The standard InChI is InChI=1S/C12H21N3/c1-14(2)8-9-15(3)10-11-4-6-12(13)7-5-11/h4-7H,8-10,13H2,1-3H3. The van der Waals surface area contributed by atoms with Crippen molar-refractivity contribution in [3.63, 3.8) is 0 Å². The fourth-order valence-electron chi connectivity index (χ4n) is 1.38. The molecule has 2 N–H and O–H groups in total. The lowest BCUT2D eigenvalue weighted by atomic mass is 10.2. The van der Waals surface area contributed by atoms with E-state index in [1.54, 1.807) is 0 Å². The van der Waals surface area contributed by atoms with Gasteiger partial charge in [-0.15, -0.1) is 0 Å². The SMILES string of the molecule is CN(C)CCN(C)Cc1ccc(N)cc1. The highest BCUT2D eigenvalue weighted by atomic mass is 15.1. The highest BCUT2D eigenvalue weighted by Crippen LogP contribution is 2.07. The van der Waals surface area contributed by atoms with Gasteiger partial charge in [0.1, 0.15) is 0 Å². The molecule has 0 fully saturated rings. The fraction of sp³-hybridized carbons (Fsp3) is 0.500. The van der Waals surface area contributed by atoms with Gasteiger partial charge in [0.2, 0.25) is 0 Å². The summed E-state index contributed by atoms with van der Waals surface area (Å²) in [6.07, 6.45) is 0. The first kappa shape index (κ1) is 12.0. The van der Waals surface area contributed by atoms with Crippen molar-refractivity contribution in [2.75, 3.05) is 40.0 Å². The largest absolute Gasteiger partial charge is 0.399 e. The van der Waals surface area contributed by atoms with E-state index >= 15 is 0 Å². The van der Waals surface area contributed by atoms with E-state index in [1.165, 1.54) is 5.56 Å².